The highest BCUT2D eigenvalue weighted by molar-refractivity contribution is 5.94. The zero-order valence-corrected chi connectivity index (χ0v) is 10.1. The SMILES string of the molecule is O=Cc1ccc(-c2ccc3c(c2)CCC(=O)N3)nn1. The molecule has 94 valence electrons. The van der Waals surface area contributed by atoms with Gasteiger partial charge < -0.3 is 5.32 Å². The van der Waals surface area contributed by atoms with Crippen LogP contribution < -0.4 is 5.32 Å². The van der Waals surface area contributed by atoms with Gasteiger partial charge in [-0.15, -0.1) is 10.2 Å². The van der Waals surface area contributed by atoms with E-state index >= 15 is 0 Å². The van der Waals surface area contributed by atoms with E-state index < -0.39 is 0 Å². The van der Waals surface area contributed by atoms with E-state index in [1.807, 2.05) is 18.2 Å². The molecule has 0 radical (unpaired) electrons. The number of aryl methyl sites for hydroxylation is 1. The number of nitrogens with zero attached hydrogens (tertiary/aromatic N) is 2. The van der Waals surface area contributed by atoms with E-state index in [0.717, 1.165) is 23.2 Å². The maximum Gasteiger partial charge on any atom is 0.224 e. The van der Waals surface area contributed by atoms with E-state index in [4.69, 9.17) is 0 Å². The van der Waals surface area contributed by atoms with Crippen LogP contribution in [0.5, 0.6) is 0 Å². The summed E-state index contributed by atoms with van der Waals surface area (Å²) in [6.45, 7) is 0. The molecule has 19 heavy (non-hydrogen) atoms. The van der Waals surface area contributed by atoms with Crippen LogP contribution >= 0.6 is 0 Å². The van der Waals surface area contributed by atoms with Crippen molar-refractivity contribution in [2.75, 3.05) is 5.32 Å². The van der Waals surface area contributed by atoms with Crippen LogP contribution in [0.2, 0.25) is 0 Å². The summed E-state index contributed by atoms with van der Waals surface area (Å²) < 4.78 is 0. The lowest BCUT2D eigenvalue weighted by molar-refractivity contribution is -0.116. The third-order valence-corrected chi connectivity index (χ3v) is 3.10. The molecular weight excluding hydrogens is 242 g/mol. The van der Waals surface area contributed by atoms with Gasteiger partial charge in [-0.3, -0.25) is 9.59 Å². The smallest absolute Gasteiger partial charge is 0.224 e. The first kappa shape index (κ1) is 11.5. The molecule has 0 aliphatic carbocycles. The van der Waals surface area contributed by atoms with Gasteiger partial charge in [0.25, 0.3) is 0 Å². The molecule has 1 aromatic carbocycles. The molecule has 0 fully saturated rings. The van der Waals surface area contributed by atoms with Gasteiger partial charge in [0.1, 0.15) is 5.69 Å². The molecule has 1 aromatic heterocycles. The molecule has 0 unspecified atom stereocenters. The molecule has 1 aliphatic rings. The van der Waals surface area contributed by atoms with Crippen LogP contribution in [0.3, 0.4) is 0 Å². The highest BCUT2D eigenvalue weighted by atomic mass is 16.1. The lowest BCUT2D eigenvalue weighted by Gasteiger charge is -2.17. The second kappa shape index (κ2) is 4.61. The first-order valence-corrected chi connectivity index (χ1v) is 5.98. The van der Waals surface area contributed by atoms with E-state index in [-0.39, 0.29) is 5.91 Å². The van der Waals surface area contributed by atoms with Gasteiger partial charge in [0.2, 0.25) is 5.91 Å². The minimum Gasteiger partial charge on any atom is -0.326 e. The fourth-order valence-corrected chi connectivity index (χ4v) is 2.10. The van der Waals surface area contributed by atoms with Crippen molar-refractivity contribution in [3.05, 3.63) is 41.6 Å². The summed E-state index contributed by atoms with van der Waals surface area (Å²) in [7, 11) is 0. The third-order valence-electron chi connectivity index (χ3n) is 3.10. The molecule has 2 aromatic rings. The highest BCUT2D eigenvalue weighted by Crippen LogP contribution is 2.27. The van der Waals surface area contributed by atoms with Crippen molar-refractivity contribution in [3.63, 3.8) is 0 Å². The second-order valence-corrected chi connectivity index (χ2v) is 4.38. The van der Waals surface area contributed by atoms with Gasteiger partial charge in [0.05, 0.1) is 5.69 Å². The Morgan fingerprint density at radius 3 is 2.74 bits per heavy atom. The van der Waals surface area contributed by atoms with Crippen LogP contribution in [-0.4, -0.2) is 22.4 Å². The predicted octanol–water partition coefficient (Wildman–Crippen LogP) is 1.84. The molecule has 0 saturated carbocycles. The molecule has 5 heteroatoms. The van der Waals surface area contributed by atoms with Crippen LogP contribution in [0.25, 0.3) is 11.3 Å². The standard InChI is InChI=1S/C14H11N3O2/c18-8-11-3-5-13(17-16-11)10-1-4-12-9(7-10)2-6-14(19)15-12/h1,3-5,7-8H,2,6H2,(H,15,19). The van der Waals surface area contributed by atoms with Crippen LogP contribution in [-0.2, 0) is 11.2 Å². The summed E-state index contributed by atoms with van der Waals surface area (Å²) in [5, 5.41) is 10.7. The fourth-order valence-electron chi connectivity index (χ4n) is 2.10. The summed E-state index contributed by atoms with van der Waals surface area (Å²) in [5.74, 6) is 0.0513. The number of benzene rings is 1. The largest absolute Gasteiger partial charge is 0.326 e. The Morgan fingerprint density at radius 1 is 1.11 bits per heavy atom. The van der Waals surface area contributed by atoms with Crippen LogP contribution in [0.4, 0.5) is 5.69 Å². The quantitative estimate of drug-likeness (QED) is 0.829. The molecule has 3 rings (SSSR count). The number of nitrogens with one attached hydrogen (secondary N) is 1. The van der Waals surface area contributed by atoms with E-state index in [9.17, 15) is 9.59 Å². The third kappa shape index (κ3) is 2.22. The maximum atomic E-state index is 11.3. The number of rotatable bonds is 2. The van der Waals surface area contributed by atoms with Crippen LogP contribution in [0.1, 0.15) is 22.5 Å². The Hall–Kier alpha value is -2.56. The highest BCUT2D eigenvalue weighted by Gasteiger charge is 2.15. The number of aldehydes is 1. The molecule has 2 heterocycles. The van der Waals surface area contributed by atoms with Crippen molar-refractivity contribution in [3.8, 4) is 11.3 Å². The fraction of sp³-hybridized carbons (Fsp3) is 0.143. The minimum atomic E-state index is 0.0513. The zero-order chi connectivity index (χ0) is 13.2. The number of anilines is 1. The first-order chi connectivity index (χ1) is 9.26. The van der Waals surface area contributed by atoms with Crippen molar-refractivity contribution in [1.82, 2.24) is 10.2 Å². The van der Waals surface area contributed by atoms with Gasteiger partial charge in [-0.2, -0.15) is 0 Å². The summed E-state index contributed by atoms with van der Waals surface area (Å²) in [6.07, 6.45) is 1.90. The van der Waals surface area contributed by atoms with Crippen LogP contribution in [0.15, 0.2) is 30.3 Å². The van der Waals surface area contributed by atoms with Gasteiger partial charge >= 0.3 is 0 Å². The summed E-state index contributed by atoms with van der Waals surface area (Å²) in [6, 6.07) is 9.15. The number of carbonyl (C=O) groups excluding carboxylic acids is 2. The van der Waals surface area contributed by atoms with Gasteiger partial charge in [-0.1, -0.05) is 6.07 Å². The van der Waals surface area contributed by atoms with Gasteiger partial charge in [0.15, 0.2) is 6.29 Å². The van der Waals surface area contributed by atoms with Crippen molar-refractivity contribution in [2.24, 2.45) is 0 Å². The average molecular weight is 253 g/mol. The van der Waals surface area contributed by atoms with Crippen molar-refractivity contribution >= 4 is 17.9 Å². The first-order valence-electron chi connectivity index (χ1n) is 5.98. The Kier molecular flexibility index (Phi) is 2.79. The summed E-state index contributed by atoms with van der Waals surface area (Å²) in [5.41, 5.74) is 3.91. The van der Waals surface area contributed by atoms with E-state index in [2.05, 4.69) is 15.5 Å². The molecule has 0 spiro atoms. The normalized spacial score (nSPS) is 13.6. The number of amides is 1. The number of fused-ring (bicyclic) bond motifs is 1. The number of aromatic nitrogens is 2. The van der Waals surface area contributed by atoms with E-state index in [1.165, 1.54) is 0 Å². The Morgan fingerprint density at radius 2 is 2.00 bits per heavy atom. The average Bonchev–Trinajstić information content (AvgIpc) is 2.47. The molecule has 1 amide bonds. The molecular formula is C14H11N3O2. The van der Waals surface area contributed by atoms with Crippen molar-refractivity contribution in [1.29, 1.82) is 0 Å². The number of hydrogen-bond donors (Lipinski definition) is 1. The van der Waals surface area contributed by atoms with E-state index in [1.54, 1.807) is 12.1 Å². The van der Waals surface area contributed by atoms with Gasteiger partial charge in [-0.25, -0.2) is 0 Å². The minimum absolute atomic E-state index is 0.0513. The van der Waals surface area contributed by atoms with Crippen molar-refractivity contribution in [2.45, 2.75) is 12.8 Å². The molecule has 0 saturated heterocycles. The molecule has 0 atom stereocenters. The predicted molar refractivity (Wildman–Crippen MR) is 69.8 cm³/mol. The van der Waals surface area contributed by atoms with Crippen molar-refractivity contribution < 1.29 is 9.59 Å². The maximum absolute atomic E-state index is 11.3. The zero-order valence-electron chi connectivity index (χ0n) is 10.1. The Bertz CT molecular complexity index is 650. The lowest BCUT2D eigenvalue weighted by atomic mass is 9.99. The molecule has 5 nitrogen and oxygen atoms in total. The van der Waals surface area contributed by atoms with Gasteiger partial charge in [0, 0.05) is 17.7 Å². The number of carbonyl (C=O) groups is 2. The second-order valence-electron chi connectivity index (χ2n) is 4.38. The lowest BCUT2D eigenvalue weighted by Crippen LogP contribution is -2.18. The number of hydrogen-bond acceptors (Lipinski definition) is 4. The monoisotopic (exact) mass is 253 g/mol. The van der Waals surface area contributed by atoms with Gasteiger partial charge in [-0.05, 0) is 36.2 Å². The summed E-state index contributed by atoms with van der Waals surface area (Å²) in [4.78, 5) is 21.8. The Labute approximate surface area is 109 Å². The Balaban J connectivity index is 1.97. The molecule has 1 aliphatic heterocycles. The van der Waals surface area contributed by atoms with E-state index in [0.29, 0.717) is 24.1 Å². The molecule has 1 N–H and O–H groups in total. The molecule has 0 bridgehead atoms. The topological polar surface area (TPSA) is 72.0 Å². The summed E-state index contributed by atoms with van der Waals surface area (Å²) >= 11 is 0. The van der Waals surface area contributed by atoms with Crippen LogP contribution in [0, 0.1) is 0 Å².